The van der Waals surface area contributed by atoms with Crippen molar-refractivity contribution < 1.29 is 76.4 Å². The van der Waals surface area contributed by atoms with Crippen LogP contribution < -0.4 is 0 Å². The van der Waals surface area contributed by atoms with E-state index in [-0.39, 0.29) is 0 Å². The topological polar surface area (TPSA) is 54.0 Å². The first kappa shape index (κ1) is 26.4. The first-order valence-corrected chi connectivity index (χ1v) is 6.31. The van der Waals surface area contributed by atoms with Crippen molar-refractivity contribution in [3.63, 3.8) is 0 Å². The average molecular weight is 448 g/mol. The van der Waals surface area contributed by atoms with Crippen LogP contribution in [-0.2, 0) is 23.7 Å². The van der Waals surface area contributed by atoms with Crippen molar-refractivity contribution in [2.24, 2.45) is 0 Å². The lowest BCUT2D eigenvalue weighted by atomic mass is 10.0. The van der Waals surface area contributed by atoms with E-state index >= 15 is 0 Å². The number of halogens is 12. The largest absolute Gasteiger partial charge is 0.523 e. The highest BCUT2D eigenvalue weighted by molar-refractivity contribution is 5.85. The monoisotopic (exact) mass is 448 g/mol. The Morgan fingerprint density at radius 3 is 1.36 bits per heavy atom. The van der Waals surface area contributed by atoms with Crippen LogP contribution in [0.1, 0.15) is 0 Å². The molecule has 0 amide bonds. The van der Waals surface area contributed by atoms with E-state index in [1.165, 1.54) is 0 Å². The Hall–Kier alpha value is -1.59. The lowest BCUT2D eigenvalue weighted by molar-refractivity contribution is -0.381. The predicted octanol–water partition coefficient (Wildman–Crippen LogP) is 3.99. The molecule has 0 saturated carbocycles. The molecule has 5 nitrogen and oxygen atoms in total. The number of carbonyl (C=O) groups excluding carboxylic acids is 1. The summed E-state index contributed by atoms with van der Waals surface area (Å²) in [6.45, 7) is -1.63. The van der Waals surface area contributed by atoms with E-state index in [0.717, 1.165) is 0 Å². The first-order valence-electron chi connectivity index (χ1n) is 6.31. The molecule has 0 heterocycles. The molecule has 0 N–H and O–H groups in total. The van der Waals surface area contributed by atoms with Crippen molar-refractivity contribution in [3.05, 3.63) is 12.2 Å². The lowest BCUT2D eigenvalue weighted by Gasteiger charge is -2.29. The highest BCUT2D eigenvalue weighted by Crippen LogP contribution is 2.30. The standard InChI is InChI=1S/C11H8F12O5/c1-4(2-25-8(12,13)14)6(27-10(18,19)20)7(28-11(21,22)23)5(24)3-26-9(15,16)17/h6-7H,1-3H2. The Labute approximate surface area is 146 Å². The second kappa shape index (κ2) is 9.27. The number of hydrogen-bond donors (Lipinski definition) is 0. The van der Waals surface area contributed by atoms with Gasteiger partial charge in [0.15, 0.2) is 11.9 Å². The van der Waals surface area contributed by atoms with E-state index in [4.69, 9.17) is 0 Å². The van der Waals surface area contributed by atoms with Gasteiger partial charge in [-0.15, -0.1) is 52.7 Å². The molecule has 0 aromatic carbocycles. The quantitative estimate of drug-likeness (QED) is 0.395. The number of carbonyl (C=O) groups is 1. The smallest absolute Gasteiger partial charge is 0.294 e. The van der Waals surface area contributed by atoms with Gasteiger partial charge in [0.2, 0.25) is 0 Å². The Morgan fingerprint density at radius 2 is 1.00 bits per heavy atom. The van der Waals surface area contributed by atoms with Crippen molar-refractivity contribution in [2.45, 2.75) is 37.7 Å². The van der Waals surface area contributed by atoms with Crippen molar-refractivity contribution in [1.82, 2.24) is 0 Å². The van der Waals surface area contributed by atoms with Gasteiger partial charge in [0.05, 0.1) is 6.61 Å². The normalized spacial score (nSPS) is 16.0. The molecule has 0 spiro atoms. The highest BCUT2D eigenvalue weighted by atomic mass is 19.4. The van der Waals surface area contributed by atoms with Crippen LogP contribution in [0.2, 0.25) is 0 Å². The third kappa shape index (κ3) is 12.7. The number of Topliss-reactive ketones (excluding diaryl/α,β-unsaturated/α-hetero) is 1. The lowest BCUT2D eigenvalue weighted by Crippen LogP contribution is -2.47. The second-order valence-electron chi connectivity index (χ2n) is 4.56. The van der Waals surface area contributed by atoms with E-state index in [2.05, 4.69) is 25.5 Å². The second-order valence-corrected chi connectivity index (χ2v) is 4.56. The fraction of sp³-hybridized carbons (Fsp3) is 0.727. The number of ketones is 1. The summed E-state index contributed by atoms with van der Waals surface area (Å²) in [6, 6.07) is 0. The van der Waals surface area contributed by atoms with Gasteiger partial charge in [0.25, 0.3) is 0 Å². The van der Waals surface area contributed by atoms with Gasteiger partial charge in [-0.1, -0.05) is 6.58 Å². The molecule has 2 atom stereocenters. The fourth-order valence-corrected chi connectivity index (χ4v) is 1.44. The van der Waals surface area contributed by atoms with Gasteiger partial charge in [0, 0.05) is 0 Å². The third-order valence-electron chi connectivity index (χ3n) is 2.32. The zero-order valence-corrected chi connectivity index (χ0v) is 12.9. The maximum absolute atomic E-state index is 12.4. The molecule has 17 heteroatoms. The molecular formula is C11H8F12O5. The molecule has 0 fully saturated rings. The van der Waals surface area contributed by atoms with Crippen LogP contribution in [0.5, 0.6) is 0 Å². The first-order chi connectivity index (χ1) is 12.2. The minimum atomic E-state index is -5.91. The molecule has 0 aromatic rings. The minimum absolute atomic E-state index is 1.55. The molecule has 2 unspecified atom stereocenters. The Kier molecular flexibility index (Phi) is 8.75. The van der Waals surface area contributed by atoms with Gasteiger partial charge in [0.1, 0.15) is 12.7 Å². The van der Waals surface area contributed by atoms with Gasteiger partial charge in [-0.05, 0) is 5.57 Å². The molecule has 0 aromatic heterocycles. The van der Waals surface area contributed by atoms with Crippen molar-refractivity contribution in [1.29, 1.82) is 0 Å². The van der Waals surface area contributed by atoms with E-state index in [1.807, 2.05) is 0 Å². The van der Waals surface area contributed by atoms with E-state index in [1.54, 1.807) is 0 Å². The number of rotatable bonds is 9. The van der Waals surface area contributed by atoms with Gasteiger partial charge in [-0.3, -0.25) is 23.7 Å². The summed E-state index contributed by atoms with van der Waals surface area (Å²) in [5.74, 6) is -2.39. The zero-order valence-electron chi connectivity index (χ0n) is 12.9. The maximum Gasteiger partial charge on any atom is 0.523 e. The molecule has 0 bridgehead atoms. The molecular weight excluding hydrogens is 440 g/mol. The predicted molar refractivity (Wildman–Crippen MR) is 60.0 cm³/mol. The fourth-order valence-electron chi connectivity index (χ4n) is 1.44. The van der Waals surface area contributed by atoms with Gasteiger partial charge < -0.3 is 0 Å². The number of hydrogen-bond acceptors (Lipinski definition) is 5. The molecule has 0 saturated heterocycles. The minimum Gasteiger partial charge on any atom is -0.294 e. The summed E-state index contributed by atoms with van der Waals surface area (Å²) in [5.41, 5.74) is -1.55. The molecule has 0 aliphatic heterocycles. The SMILES string of the molecule is C=C(COC(F)(F)F)C(OC(F)(F)F)C(OC(F)(F)F)C(=O)COC(F)(F)F. The summed E-state index contributed by atoms with van der Waals surface area (Å²) >= 11 is 0. The van der Waals surface area contributed by atoms with Gasteiger partial charge in [-0.2, -0.15) is 0 Å². The average Bonchev–Trinajstić information content (AvgIpc) is 2.42. The van der Waals surface area contributed by atoms with E-state index in [9.17, 15) is 57.5 Å². The highest BCUT2D eigenvalue weighted by Gasteiger charge is 2.48. The van der Waals surface area contributed by atoms with Crippen LogP contribution in [0, 0.1) is 0 Å². The molecule has 0 radical (unpaired) electrons. The Balaban J connectivity index is 5.73. The van der Waals surface area contributed by atoms with Crippen LogP contribution in [0.3, 0.4) is 0 Å². The van der Waals surface area contributed by atoms with Crippen LogP contribution in [-0.4, -0.2) is 56.7 Å². The summed E-state index contributed by atoms with van der Waals surface area (Å²) in [5, 5.41) is 0. The number of alkyl halides is 12. The molecule has 28 heavy (non-hydrogen) atoms. The third-order valence-corrected chi connectivity index (χ3v) is 2.32. The summed E-state index contributed by atoms with van der Waals surface area (Å²) in [4.78, 5) is 11.5. The van der Waals surface area contributed by atoms with E-state index < -0.39 is 62.2 Å². The van der Waals surface area contributed by atoms with Gasteiger partial charge >= 0.3 is 25.4 Å². The Bertz CT molecular complexity index is 484. The van der Waals surface area contributed by atoms with Crippen molar-refractivity contribution in [2.75, 3.05) is 13.2 Å². The van der Waals surface area contributed by atoms with Crippen molar-refractivity contribution in [3.8, 4) is 0 Å². The molecule has 0 aliphatic rings. The molecule has 166 valence electrons. The van der Waals surface area contributed by atoms with Crippen LogP contribution in [0.15, 0.2) is 12.2 Å². The summed E-state index contributed by atoms with van der Waals surface area (Å²) in [6.07, 6.45) is -29.7. The van der Waals surface area contributed by atoms with E-state index in [0.29, 0.717) is 0 Å². The van der Waals surface area contributed by atoms with Crippen LogP contribution >= 0.6 is 0 Å². The summed E-state index contributed by atoms with van der Waals surface area (Å²) < 4.78 is 158. The maximum atomic E-state index is 12.4. The van der Waals surface area contributed by atoms with Crippen LogP contribution in [0.25, 0.3) is 0 Å². The summed E-state index contributed by atoms with van der Waals surface area (Å²) in [7, 11) is 0. The number of ether oxygens (including phenoxy) is 4. The Morgan fingerprint density at radius 1 is 0.643 bits per heavy atom. The zero-order chi connectivity index (χ0) is 22.6. The molecule has 0 rings (SSSR count). The van der Waals surface area contributed by atoms with Crippen LogP contribution in [0.4, 0.5) is 52.7 Å². The molecule has 0 aliphatic carbocycles. The van der Waals surface area contributed by atoms with Gasteiger partial charge in [-0.25, -0.2) is 0 Å². The van der Waals surface area contributed by atoms with Crippen molar-refractivity contribution >= 4 is 5.78 Å².